The average molecular weight is 257 g/mol. The molecule has 88 valence electrons. The molecular formula is C12H7ClF2O2. The molecule has 0 unspecified atom stereocenters. The SMILES string of the molecule is Cc1ccc(C(=O)c2cc(F)c(Cl)cc2F)o1. The molecule has 5 heteroatoms. The van der Waals surface area contributed by atoms with Crippen LogP contribution in [-0.2, 0) is 0 Å². The van der Waals surface area contributed by atoms with Crippen molar-refractivity contribution in [3.05, 3.63) is 58.0 Å². The predicted octanol–water partition coefficient (Wildman–Crippen LogP) is 3.75. The summed E-state index contributed by atoms with van der Waals surface area (Å²) < 4.78 is 31.7. The second-order valence-corrected chi connectivity index (χ2v) is 3.89. The predicted molar refractivity (Wildman–Crippen MR) is 58.2 cm³/mol. The molecule has 0 aliphatic carbocycles. The minimum Gasteiger partial charge on any atom is -0.458 e. The van der Waals surface area contributed by atoms with Gasteiger partial charge in [0.1, 0.15) is 17.4 Å². The number of furan rings is 1. The number of hydrogen-bond acceptors (Lipinski definition) is 2. The molecule has 1 aromatic heterocycles. The van der Waals surface area contributed by atoms with E-state index in [-0.39, 0.29) is 10.8 Å². The van der Waals surface area contributed by atoms with Gasteiger partial charge in [-0.3, -0.25) is 4.79 Å². The van der Waals surface area contributed by atoms with E-state index in [1.807, 2.05) is 0 Å². The Balaban J connectivity index is 2.47. The summed E-state index contributed by atoms with van der Waals surface area (Å²) in [7, 11) is 0. The molecule has 1 heterocycles. The highest BCUT2D eigenvalue weighted by Gasteiger charge is 2.19. The van der Waals surface area contributed by atoms with Crippen LogP contribution in [0, 0.1) is 18.6 Å². The first-order valence-corrected chi connectivity index (χ1v) is 5.12. The van der Waals surface area contributed by atoms with Crippen molar-refractivity contribution in [2.75, 3.05) is 0 Å². The quantitative estimate of drug-likeness (QED) is 0.605. The zero-order chi connectivity index (χ0) is 12.6. The molecule has 0 N–H and O–H groups in total. The summed E-state index contributed by atoms with van der Waals surface area (Å²) in [5.41, 5.74) is -0.402. The molecule has 2 rings (SSSR count). The first kappa shape index (κ1) is 11.8. The Hall–Kier alpha value is -1.68. The molecule has 17 heavy (non-hydrogen) atoms. The van der Waals surface area contributed by atoms with Gasteiger partial charge in [0.25, 0.3) is 0 Å². The summed E-state index contributed by atoms with van der Waals surface area (Å²) in [5.74, 6) is -1.97. The lowest BCUT2D eigenvalue weighted by Gasteiger charge is -2.02. The van der Waals surface area contributed by atoms with E-state index in [0.29, 0.717) is 5.76 Å². The van der Waals surface area contributed by atoms with Crippen LogP contribution in [0.25, 0.3) is 0 Å². The number of carbonyl (C=O) groups is 1. The third-order valence-corrected chi connectivity index (χ3v) is 2.51. The van der Waals surface area contributed by atoms with Crippen molar-refractivity contribution < 1.29 is 18.0 Å². The molecule has 1 aromatic carbocycles. The van der Waals surface area contributed by atoms with Crippen LogP contribution >= 0.6 is 11.6 Å². The number of aryl methyl sites for hydroxylation is 1. The minimum absolute atomic E-state index is 0.0388. The van der Waals surface area contributed by atoms with E-state index in [9.17, 15) is 13.6 Å². The fourth-order valence-electron chi connectivity index (χ4n) is 1.39. The Morgan fingerprint density at radius 2 is 1.94 bits per heavy atom. The zero-order valence-electron chi connectivity index (χ0n) is 8.76. The third-order valence-electron chi connectivity index (χ3n) is 2.22. The molecule has 0 atom stereocenters. The molecule has 0 radical (unpaired) electrons. The van der Waals surface area contributed by atoms with E-state index in [2.05, 4.69) is 0 Å². The van der Waals surface area contributed by atoms with E-state index >= 15 is 0 Å². The molecule has 0 saturated heterocycles. The van der Waals surface area contributed by atoms with E-state index in [1.54, 1.807) is 13.0 Å². The average Bonchev–Trinajstić information content (AvgIpc) is 2.69. The van der Waals surface area contributed by atoms with E-state index in [1.165, 1.54) is 6.07 Å². The molecule has 0 saturated carbocycles. The largest absolute Gasteiger partial charge is 0.458 e. The van der Waals surface area contributed by atoms with Crippen molar-refractivity contribution in [3.8, 4) is 0 Å². The molecule has 0 spiro atoms. The van der Waals surface area contributed by atoms with Gasteiger partial charge in [-0.1, -0.05) is 11.6 Å². The van der Waals surface area contributed by atoms with E-state index in [0.717, 1.165) is 12.1 Å². The van der Waals surface area contributed by atoms with Crippen molar-refractivity contribution in [1.82, 2.24) is 0 Å². The first-order valence-electron chi connectivity index (χ1n) is 4.74. The molecule has 0 amide bonds. The van der Waals surface area contributed by atoms with Gasteiger partial charge in [0, 0.05) is 0 Å². The summed E-state index contributed by atoms with van der Waals surface area (Å²) >= 11 is 5.39. The smallest absolute Gasteiger partial charge is 0.231 e. The van der Waals surface area contributed by atoms with Gasteiger partial charge in [-0.15, -0.1) is 0 Å². The van der Waals surface area contributed by atoms with Crippen LogP contribution in [0.3, 0.4) is 0 Å². The van der Waals surface area contributed by atoms with Crippen LogP contribution in [-0.4, -0.2) is 5.78 Å². The monoisotopic (exact) mass is 256 g/mol. The van der Waals surface area contributed by atoms with Crippen LogP contribution in [0.5, 0.6) is 0 Å². The molecule has 2 nitrogen and oxygen atoms in total. The lowest BCUT2D eigenvalue weighted by Crippen LogP contribution is -2.04. The molecule has 2 aromatic rings. The summed E-state index contributed by atoms with van der Waals surface area (Å²) in [6, 6.07) is 4.50. The lowest BCUT2D eigenvalue weighted by atomic mass is 10.1. The van der Waals surface area contributed by atoms with Gasteiger partial charge < -0.3 is 4.42 Å². The van der Waals surface area contributed by atoms with Gasteiger partial charge >= 0.3 is 0 Å². The topological polar surface area (TPSA) is 30.2 Å². The number of hydrogen-bond donors (Lipinski definition) is 0. The van der Waals surface area contributed by atoms with Crippen molar-refractivity contribution in [1.29, 1.82) is 0 Å². The normalized spacial score (nSPS) is 10.6. The summed E-state index contributed by atoms with van der Waals surface area (Å²) in [6.45, 7) is 1.65. The first-order chi connectivity index (χ1) is 7.99. The Bertz CT molecular complexity index is 590. The highest BCUT2D eigenvalue weighted by Crippen LogP contribution is 2.22. The summed E-state index contributed by atoms with van der Waals surface area (Å²) in [4.78, 5) is 11.8. The van der Waals surface area contributed by atoms with E-state index in [4.69, 9.17) is 16.0 Å². The lowest BCUT2D eigenvalue weighted by molar-refractivity contribution is 0.100. The maximum Gasteiger partial charge on any atom is 0.231 e. The molecule has 0 fully saturated rings. The molecular weight excluding hydrogens is 250 g/mol. The van der Waals surface area contributed by atoms with Crippen LogP contribution in [0.4, 0.5) is 8.78 Å². The molecule has 0 bridgehead atoms. The van der Waals surface area contributed by atoms with Gasteiger partial charge in [0.2, 0.25) is 5.78 Å². The van der Waals surface area contributed by atoms with Crippen LogP contribution in [0.15, 0.2) is 28.7 Å². The maximum atomic E-state index is 13.5. The summed E-state index contributed by atoms with van der Waals surface area (Å²) in [6.07, 6.45) is 0. The Labute approximate surface area is 101 Å². The maximum absolute atomic E-state index is 13.5. The van der Waals surface area contributed by atoms with Gasteiger partial charge in [-0.2, -0.15) is 0 Å². The molecule has 0 aliphatic rings. The van der Waals surface area contributed by atoms with Gasteiger partial charge in [-0.25, -0.2) is 8.78 Å². The Kier molecular flexibility index (Phi) is 2.98. The standard InChI is InChI=1S/C12H7ClF2O2/c1-6-2-3-11(17-6)12(16)7-4-10(15)8(13)5-9(7)14/h2-5H,1H3. The summed E-state index contributed by atoms with van der Waals surface area (Å²) in [5, 5.41) is -0.366. The number of halogens is 3. The highest BCUT2D eigenvalue weighted by atomic mass is 35.5. The van der Waals surface area contributed by atoms with Crippen molar-refractivity contribution >= 4 is 17.4 Å². The van der Waals surface area contributed by atoms with Gasteiger partial charge in [0.05, 0.1) is 10.6 Å². The fourth-order valence-corrected chi connectivity index (χ4v) is 1.54. The Morgan fingerprint density at radius 1 is 1.24 bits per heavy atom. The van der Waals surface area contributed by atoms with Gasteiger partial charge in [-0.05, 0) is 31.2 Å². The fraction of sp³-hybridized carbons (Fsp3) is 0.0833. The number of rotatable bonds is 2. The number of benzene rings is 1. The van der Waals surface area contributed by atoms with Crippen molar-refractivity contribution in [3.63, 3.8) is 0 Å². The van der Waals surface area contributed by atoms with Gasteiger partial charge in [0.15, 0.2) is 5.76 Å². The Morgan fingerprint density at radius 3 is 2.53 bits per heavy atom. The highest BCUT2D eigenvalue weighted by molar-refractivity contribution is 6.30. The van der Waals surface area contributed by atoms with Crippen LogP contribution in [0.1, 0.15) is 21.9 Å². The van der Waals surface area contributed by atoms with Crippen molar-refractivity contribution in [2.45, 2.75) is 6.92 Å². The third kappa shape index (κ3) is 2.22. The van der Waals surface area contributed by atoms with Crippen molar-refractivity contribution in [2.24, 2.45) is 0 Å². The van der Waals surface area contributed by atoms with Crippen LogP contribution in [0.2, 0.25) is 5.02 Å². The number of carbonyl (C=O) groups excluding carboxylic acids is 1. The minimum atomic E-state index is -0.879. The number of ketones is 1. The molecule has 0 aliphatic heterocycles. The second-order valence-electron chi connectivity index (χ2n) is 3.49. The zero-order valence-corrected chi connectivity index (χ0v) is 9.52. The van der Waals surface area contributed by atoms with Crippen LogP contribution < -0.4 is 0 Å². The van der Waals surface area contributed by atoms with E-state index < -0.39 is 23.0 Å². The second kappa shape index (κ2) is 4.30.